The minimum absolute atomic E-state index is 0.0385. The van der Waals surface area contributed by atoms with Crippen molar-refractivity contribution < 1.29 is 24.8 Å². The first-order chi connectivity index (χ1) is 16.0. The number of rotatable bonds is 7. The zero-order valence-electron chi connectivity index (χ0n) is 17.8. The molecule has 0 radical (unpaired) electrons. The number of aliphatic hydroxyl groups excluding tert-OH is 3. The van der Waals surface area contributed by atoms with Gasteiger partial charge in [-0.1, -0.05) is 28.1 Å². The van der Waals surface area contributed by atoms with E-state index in [1.807, 2.05) is 18.2 Å². The van der Waals surface area contributed by atoms with Gasteiger partial charge in [-0.3, -0.25) is 4.57 Å². The van der Waals surface area contributed by atoms with Crippen LogP contribution in [0.25, 0.3) is 11.2 Å². The van der Waals surface area contributed by atoms with Crippen LogP contribution in [-0.4, -0.2) is 71.9 Å². The highest BCUT2D eigenvalue weighted by atomic mass is 79.9. The number of nitrogens with zero attached hydrogens (tertiary/aromatic N) is 4. The van der Waals surface area contributed by atoms with Gasteiger partial charge < -0.3 is 30.1 Å². The summed E-state index contributed by atoms with van der Waals surface area (Å²) >= 11 is 3.49. The number of halogens is 1. The molecule has 176 valence electrons. The topological polar surface area (TPSA) is 135 Å². The maximum Gasteiger partial charge on any atom is 0.167 e. The van der Waals surface area contributed by atoms with Gasteiger partial charge >= 0.3 is 0 Å². The Kier molecular flexibility index (Phi) is 6.59. The van der Waals surface area contributed by atoms with Crippen molar-refractivity contribution in [3.8, 4) is 0 Å². The smallest absolute Gasteiger partial charge is 0.167 e. The van der Waals surface area contributed by atoms with Gasteiger partial charge in [0.1, 0.15) is 24.6 Å². The Morgan fingerprint density at radius 2 is 2.06 bits per heavy atom. The molecule has 6 atom stereocenters. The maximum absolute atomic E-state index is 10.4. The molecule has 1 saturated heterocycles. The second-order valence-corrected chi connectivity index (χ2v) is 9.35. The molecule has 11 heteroatoms. The number of fused-ring (bicyclic) bond motifs is 1. The molecule has 0 bridgehead atoms. The van der Waals surface area contributed by atoms with E-state index in [4.69, 9.17) is 9.47 Å². The quantitative estimate of drug-likeness (QED) is 0.368. The van der Waals surface area contributed by atoms with Gasteiger partial charge in [0.05, 0.1) is 31.7 Å². The fraction of sp³-hybridized carbons (Fsp3) is 0.500. The summed E-state index contributed by atoms with van der Waals surface area (Å²) < 4.78 is 14.4. The van der Waals surface area contributed by atoms with E-state index < -0.39 is 31.1 Å². The highest BCUT2D eigenvalue weighted by Crippen LogP contribution is 2.33. The summed E-state index contributed by atoms with van der Waals surface area (Å²) in [6.45, 7) is 0.132. The van der Waals surface area contributed by atoms with Crippen LogP contribution in [0.1, 0.15) is 31.1 Å². The lowest BCUT2D eigenvalue weighted by atomic mass is 10.1. The molecule has 10 nitrogen and oxygen atoms in total. The molecule has 1 aliphatic carbocycles. The standard InChI is InChI=1S/C22H26BrN5O5/c23-13-4-1-3-12(7-13)9-32-15-6-2-5-14(15)27-20-17-21(25-10-24-20)28(11-26-17)22-19(31)18(30)16(8-29)33-22/h1,3-4,7,10-11,14-16,18-19,22,29-31H,2,5-6,8-9H2,(H,24,25,27)/t14-,15-,16-,18-,19-,22-/m1/s1. The van der Waals surface area contributed by atoms with Crippen LogP contribution >= 0.6 is 15.9 Å². The van der Waals surface area contributed by atoms with Gasteiger partial charge in [-0.25, -0.2) is 15.0 Å². The Hall–Kier alpha value is -2.15. The average Bonchev–Trinajstić information content (AvgIpc) is 3.51. The van der Waals surface area contributed by atoms with Gasteiger partial charge in [0, 0.05) is 4.47 Å². The summed E-state index contributed by atoms with van der Waals surface area (Å²) in [5.41, 5.74) is 2.11. The zero-order chi connectivity index (χ0) is 22.9. The number of hydrogen-bond acceptors (Lipinski definition) is 9. The van der Waals surface area contributed by atoms with E-state index in [1.54, 1.807) is 4.57 Å². The second kappa shape index (κ2) is 9.61. The lowest BCUT2D eigenvalue weighted by molar-refractivity contribution is -0.0511. The SMILES string of the molecule is OC[C@H]1O[C@@H](n2cnc3c(N[C@@H]4CCC[C@H]4OCc4cccc(Br)c4)ncnc32)[C@H](O)[C@@H]1O. The van der Waals surface area contributed by atoms with E-state index in [1.165, 1.54) is 12.7 Å². The van der Waals surface area contributed by atoms with Gasteiger partial charge in [-0.15, -0.1) is 0 Å². The van der Waals surface area contributed by atoms with Crippen LogP contribution in [0.4, 0.5) is 5.82 Å². The van der Waals surface area contributed by atoms with Crippen molar-refractivity contribution in [2.24, 2.45) is 0 Å². The van der Waals surface area contributed by atoms with E-state index in [2.05, 4.69) is 42.3 Å². The van der Waals surface area contributed by atoms with Crippen molar-refractivity contribution >= 4 is 32.9 Å². The van der Waals surface area contributed by atoms with Crippen LogP contribution in [0.15, 0.2) is 41.4 Å². The molecule has 33 heavy (non-hydrogen) atoms. The highest BCUT2D eigenvalue weighted by molar-refractivity contribution is 9.10. The van der Waals surface area contributed by atoms with Crippen LogP contribution in [0.5, 0.6) is 0 Å². The molecule has 0 spiro atoms. The molecule has 2 fully saturated rings. The van der Waals surface area contributed by atoms with Gasteiger partial charge in [0.25, 0.3) is 0 Å². The van der Waals surface area contributed by atoms with Crippen molar-refractivity contribution in [3.63, 3.8) is 0 Å². The Bertz CT molecular complexity index is 1110. The molecule has 4 N–H and O–H groups in total. The van der Waals surface area contributed by atoms with Crippen molar-refractivity contribution in [1.82, 2.24) is 19.5 Å². The molecule has 2 aromatic heterocycles. The third kappa shape index (κ3) is 4.48. The minimum Gasteiger partial charge on any atom is -0.394 e. The summed E-state index contributed by atoms with van der Waals surface area (Å²) in [5, 5.41) is 33.3. The number of benzene rings is 1. The van der Waals surface area contributed by atoms with Crippen LogP contribution in [-0.2, 0) is 16.1 Å². The van der Waals surface area contributed by atoms with E-state index in [0.29, 0.717) is 23.6 Å². The average molecular weight is 520 g/mol. The Morgan fingerprint density at radius 3 is 2.85 bits per heavy atom. The third-order valence-electron chi connectivity index (χ3n) is 6.28. The van der Waals surface area contributed by atoms with Crippen molar-refractivity contribution in [2.45, 2.75) is 62.6 Å². The molecular formula is C22H26BrN5O5. The van der Waals surface area contributed by atoms with Crippen molar-refractivity contribution in [2.75, 3.05) is 11.9 Å². The molecular weight excluding hydrogens is 494 g/mol. The van der Waals surface area contributed by atoms with Gasteiger partial charge in [0.2, 0.25) is 0 Å². The van der Waals surface area contributed by atoms with Crippen LogP contribution < -0.4 is 5.32 Å². The molecule has 1 saturated carbocycles. The summed E-state index contributed by atoms with van der Waals surface area (Å²) in [6, 6.07) is 8.15. The fourth-order valence-corrected chi connectivity index (χ4v) is 5.00. The maximum atomic E-state index is 10.4. The fourth-order valence-electron chi connectivity index (χ4n) is 4.55. The Morgan fingerprint density at radius 1 is 1.18 bits per heavy atom. The summed E-state index contributed by atoms with van der Waals surface area (Å²) in [7, 11) is 0. The Labute approximate surface area is 198 Å². The second-order valence-electron chi connectivity index (χ2n) is 8.44. The first-order valence-electron chi connectivity index (χ1n) is 11.0. The van der Waals surface area contributed by atoms with Gasteiger partial charge in [-0.05, 0) is 37.0 Å². The normalized spacial score (nSPS) is 29.7. The number of aliphatic hydroxyl groups is 3. The zero-order valence-corrected chi connectivity index (χ0v) is 19.4. The molecule has 1 aromatic carbocycles. The van der Waals surface area contributed by atoms with E-state index >= 15 is 0 Å². The Balaban J connectivity index is 1.32. The molecule has 0 amide bonds. The molecule has 0 unspecified atom stereocenters. The molecule has 3 heterocycles. The number of anilines is 1. The largest absolute Gasteiger partial charge is 0.394 e. The number of imidazole rings is 1. The van der Waals surface area contributed by atoms with E-state index in [0.717, 1.165) is 29.3 Å². The van der Waals surface area contributed by atoms with Crippen molar-refractivity contribution in [3.05, 3.63) is 47.0 Å². The molecule has 2 aliphatic rings. The predicted octanol–water partition coefficient (Wildman–Crippen LogP) is 1.75. The summed E-state index contributed by atoms with van der Waals surface area (Å²) in [5.74, 6) is 0.577. The minimum atomic E-state index is -1.21. The lowest BCUT2D eigenvalue weighted by Crippen LogP contribution is -2.33. The first-order valence-corrected chi connectivity index (χ1v) is 11.8. The van der Waals surface area contributed by atoms with Crippen molar-refractivity contribution in [1.29, 1.82) is 0 Å². The van der Waals surface area contributed by atoms with Gasteiger partial charge in [0.15, 0.2) is 23.2 Å². The van der Waals surface area contributed by atoms with Gasteiger partial charge in [-0.2, -0.15) is 0 Å². The monoisotopic (exact) mass is 519 g/mol. The van der Waals surface area contributed by atoms with E-state index in [9.17, 15) is 15.3 Å². The van der Waals surface area contributed by atoms with Crippen LogP contribution in [0, 0.1) is 0 Å². The number of nitrogens with one attached hydrogen (secondary N) is 1. The molecule has 5 rings (SSSR count). The van der Waals surface area contributed by atoms with Crippen LogP contribution in [0.3, 0.4) is 0 Å². The predicted molar refractivity (Wildman–Crippen MR) is 122 cm³/mol. The third-order valence-corrected chi connectivity index (χ3v) is 6.77. The highest BCUT2D eigenvalue weighted by Gasteiger charge is 2.44. The number of aromatic nitrogens is 4. The number of hydrogen-bond donors (Lipinski definition) is 4. The lowest BCUT2D eigenvalue weighted by Gasteiger charge is -2.22. The van der Waals surface area contributed by atoms with Crippen LogP contribution in [0.2, 0.25) is 0 Å². The summed E-state index contributed by atoms with van der Waals surface area (Å²) in [4.78, 5) is 13.1. The number of ether oxygens (including phenoxy) is 2. The molecule has 1 aliphatic heterocycles. The first kappa shape index (κ1) is 22.6. The summed E-state index contributed by atoms with van der Waals surface area (Å²) in [6.07, 6.45) is 1.73. The van der Waals surface area contributed by atoms with E-state index in [-0.39, 0.29) is 12.1 Å². The molecule has 3 aromatic rings.